The first-order valence-electron chi connectivity index (χ1n) is 36.8. The summed E-state index contributed by atoms with van der Waals surface area (Å²) >= 11 is 9.90. The number of carboxylic acids is 2. The van der Waals surface area contributed by atoms with E-state index in [0.29, 0.717) is 17.7 Å². The quantitative estimate of drug-likeness (QED) is 0.0213. The zero-order valence-electron chi connectivity index (χ0n) is 63.9. The number of thioether (sulfide) groups is 1. The number of thiol groups is 2. The number of aliphatic hydroxyl groups excluding tert-OH is 2. The molecule has 45 heteroatoms. The first-order chi connectivity index (χ1) is 53.8. The third-order valence-electron chi connectivity index (χ3n) is 17.9. The molecule has 0 saturated carbocycles. The van der Waals surface area contributed by atoms with E-state index in [0.717, 1.165) is 9.80 Å². The Morgan fingerprint density at radius 3 is 1.51 bits per heavy atom. The van der Waals surface area contributed by atoms with Crippen LogP contribution in [0.5, 0.6) is 0 Å². The number of likely N-dealkylation sites (tertiary alicyclic amines) is 2. The number of nitrogens with zero attached hydrogens (tertiary/aromatic N) is 2. The maximum Gasteiger partial charge on any atom is 0.305 e. The number of nitrogens with one attached hydrogen (secondary N) is 13. The summed E-state index contributed by atoms with van der Waals surface area (Å²) in [5, 5.41) is 70.2. The van der Waals surface area contributed by atoms with Crippen molar-refractivity contribution < 1.29 is 112 Å². The van der Waals surface area contributed by atoms with Crippen molar-refractivity contribution in [1.82, 2.24) is 78.9 Å². The molecule has 636 valence electrons. The molecule has 2 aliphatic heterocycles. The maximum absolute atomic E-state index is 14.3. The van der Waals surface area contributed by atoms with Crippen molar-refractivity contribution in [2.24, 2.45) is 34.8 Å². The Balaban J connectivity index is 1.73. The molecule has 0 bridgehead atoms. The van der Waals surface area contributed by atoms with Gasteiger partial charge in [-0.1, -0.05) is 58.0 Å². The molecular formula is C69H109N19O23S3. The summed E-state index contributed by atoms with van der Waals surface area (Å²) in [6, 6.07) is -13.1. The summed E-state index contributed by atoms with van der Waals surface area (Å²) in [6.45, 7) is 3.19. The lowest BCUT2D eigenvalue weighted by Crippen LogP contribution is -2.61. The standard InChI is InChI=1S/C69H109N19O23S3/c1-34(2)23-40(60(102)77-38(56(73)98)18-22-114-5)76-51(92)28-74-68(110)55(35(3)4)86-63(105)41(24-36-13-7-6-8-14-36)80-65(107)46(32-112)84-62(104)44(27-54(96)97)82-66(108)48-16-11-20-87(48)52(93)29-75-58(100)43(26-53(94)95)81-67(109)49-17-12-21-88(49)69(111)47(33-113)85-59(101)39(15-9-10-19-70)78-64(106)45(31-90)83-61(103)42(25-50(72)91)79-57(99)37(71)30-89/h6-8,13-14,34-35,37-49,55,89-90,112-113H,9-12,15-33,70-71H2,1-5H3,(H2,72,91)(H2,73,98)(H,74,110)(H,75,100)(H,76,92)(H,77,102)(H,78,106)(H,79,99)(H,80,107)(H,81,109)(H,82,108)(H,83,103)(H,84,104)(H,85,101)(H,86,105)(H,94,95)(H,96,97)/t37-,38-,39-,40-,41-,42-,43-,44-,45-,46-,47-,48-,49-,55-/m0/s1. The second-order valence-electron chi connectivity index (χ2n) is 27.8. The number of amides is 17. The molecule has 0 aromatic heterocycles. The fourth-order valence-electron chi connectivity index (χ4n) is 11.9. The van der Waals surface area contributed by atoms with Crippen molar-refractivity contribution in [2.75, 3.05) is 69.5 Å². The third-order valence-corrected chi connectivity index (χ3v) is 19.3. The Hall–Kier alpha value is -9.96. The number of primary amides is 2. The molecule has 17 amide bonds. The summed E-state index contributed by atoms with van der Waals surface area (Å²) in [6.07, 6.45) is -0.295. The summed E-state index contributed by atoms with van der Waals surface area (Å²) in [5.41, 5.74) is 22.4. The number of hydrogen-bond donors (Lipinski definition) is 23. The maximum atomic E-state index is 14.3. The molecule has 2 heterocycles. The average molecular weight is 1670 g/mol. The number of aliphatic hydroxyl groups is 2. The van der Waals surface area contributed by atoms with Gasteiger partial charge in [0.05, 0.1) is 45.6 Å². The van der Waals surface area contributed by atoms with Crippen LogP contribution in [-0.4, -0.2) is 297 Å². The molecule has 0 aliphatic carbocycles. The molecule has 14 atom stereocenters. The van der Waals surface area contributed by atoms with Crippen molar-refractivity contribution in [3.63, 3.8) is 0 Å². The van der Waals surface area contributed by atoms with E-state index in [9.17, 15) is 112 Å². The lowest BCUT2D eigenvalue weighted by Gasteiger charge is -2.30. The molecule has 1 aromatic rings. The van der Waals surface area contributed by atoms with E-state index in [4.69, 9.17) is 22.9 Å². The van der Waals surface area contributed by atoms with Crippen LogP contribution in [0.2, 0.25) is 0 Å². The summed E-state index contributed by atoms with van der Waals surface area (Å²) < 4.78 is 0. The van der Waals surface area contributed by atoms with Gasteiger partial charge in [-0.25, -0.2) is 0 Å². The van der Waals surface area contributed by atoms with Gasteiger partial charge in [-0.15, -0.1) is 0 Å². The highest BCUT2D eigenvalue weighted by Crippen LogP contribution is 2.22. The van der Waals surface area contributed by atoms with Crippen LogP contribution in [0, 0.1) is 11.8 Å². The van der Waals surface area contributed by atoms with Crippen LogP contribution in [0.3, 0.4) is 0 Å². The number of carbonyl (C=O) groups is 19. The van der Waals surface area contributed by atoms with E-state index in [1.54, 1.807) is 58.0 Å². The normalized spacial score (nSPS) is 17.0. The highest BCUT2D eigenvalue weighted by molar-refractivity contribution is 7.98. The lowest BCUT2D eigenvalue weighted by atomic mass is 10.0. The van der Waals surface area contributed by atoms with Gasteiger partial charge in [0, 0.05) is 31.0 Å². The van der Waals surface area contributed by atoms with Gasteiger partial charge in [-0.3, -0.25) is 91.1 Å². The van der Waals surface area contributed by atoms with Gasteiger partial charge < -0.3 is 122 Å². The number of carboxylic acid groups (broad SMARTS) is 2. The Morgan fingerprint density at radius 2 is 0.982 bits per heavy atom. The zero-order chi connectivity index (χ0) is 85.6. The molecule has 114 heavy (non-hydrogen) atoms. The molecule has 0 spiro atoms. The van der Waals surface area contributed by atoms with Gasteiger partial charge in [0.15, 0.2) is 0 Å². The Kier molecular flexibility index (Phi) is 43.3. The minimum Gasteiger partial charge on any atom is -0.481 e. The van der Waals surface area contributed by atoms with Gasteiger partial charge in [0.2, 0.25) is 100 Å². The molecule has 2 fully saturated rings. The number of aliphatic carboxylic acids is 2. The molecule has 0 unspecified atom stereocenters. The summed E-state index contributed by atoms with van der Waals surface area (Å²) in [4.78, 5) is 256. The molecule has 3 rings (SSSR count). The number of benzene rings is 1. The third kappa shape index (κ3) is 33.2. The van der Waals surface area contributed by atoms with Crippen molar-refractivity contribution in [3.05, 3.63) is 35.9 Å². The van der Waals surface area contributed by atoms with E-state index >= 15 is 0 Å². The van der Waals surface area contributed by atoms with Crippen molar-refractivity contribution in [2.45, 2.75) is 196 Å². The van der Waals surface area contributed by atoms with Gasteiger partial charge in [-0.05, 0) is 93.7 Å². The molecule has 1 aromatic carbocycles. The molecule has 0 radical (unpaired) electrons. The highest BCUT2D eigenvalue weighted by Gasteiger charge is 2.43. The van der Waals surface area contributed by atoms with Gasteiger partial charge in [0.1, 0.15) is 84.6 Å². The predicted octanol–water partition coefficient (Wildman–Crippen LogP) is -9.16. The van der Waals surface area contributed by atoms with Crippen LogP contribution >= 0.6 is 37.0 Å². The second-order valence-corrected chi connectivity index (χ2v) is 29.5. The fraction of sp³-hybridized carbons (Fsp3) is 0.638. The topological polar surface area (TPSA) is 672 Å². The van der Waals surface area contributed by atoms with Crippen LogP contribution in [-0.2, 0) is 97.5 Å². The average Bonchev–Trinajstić information content (AvgIpc) is 1.64. The van der Waals surface area contributed by atoms with E-state index in [2.05, 4.69) is 94.4 Å². The largest absolute Gasteiger partial charge is 0.481 e. The fourth-order valence-corrected chi connectivity index (χ4v) is 12.8. The van der Waals surface area contributed by atoms with E-state index in [1.165, 1.54) is 11.8 Å². The lowest BCUT2D eigenvalue weighted by molar-refractivity contribution is -0.144. The minimum absolute atomic E-state index is 0.0461. The smallest absolute Gasteiger partial charge is 0.305 e. The summed E-state index contributed by atoms with van der Waals surface area (Å²) in [5.74, 6) is -21.2. The summed E-state index contributed by atoms with van der Waals surface area (Å²) in [7, 11) is 0. The SMILES string of the molecule is CSCC[C@H](NC(=O)[C@H](CC(C)C)NC(=O)CNC(=O)[C@@H](NC(=O)[C@H](Cc1ccccc1)NC(=O)[C@H](CS)NC(=O)[C@H](CC(=O)O)NC(=O)[C@@H]1CCCN1C(=O)CNC(=O)[C@H](CC(=O)O)NC(=O)[C@@H]1CCCN1C(=O)[C@H](CS)NC(=O)[C@H](CCCCN)NC(=O)[C@H](CO)NC(=O)[C@H](CC(N)=O)NC(=O)[C@@H](N)CO)C(C)C)C(N)=O. The number of carbonyl (C=O) groups excluding carboxylic acids is 17. The van der Waals surface area contributed by atoms with E-state index < -0.39 is 260 Å². The highest BCUT2D eigenvalue weighted by atomic mass is 32.2. The van der Waals surface area contributed by atoms with Crippen LogP contribution in [0.4, 0.5) is 0 Å². The van der Waals surface area contributed by atoms with Gasteiger partial charge >= 0.3 is 11.9 Å². The second kappa shape index (κ2) is 50.3. The first-order valence-corrected chi connectivity index (χ1v) is 39.4. The molecular weight excluding hydrogens is 1560 g/mol. The minimum atomic E-state index is -1.93. The molecule has 2 saturated heterocycles. The Bertz CT molecular complexity index is 3550. The van der Waals surface area contributed by atoms with E-state index in [1.807, 2.05) is 6.26 Å². The van der Waals surface area contributed by atoms with Gasteiger partial charge in [-0.2, -0.15) is 37.0 Å². The van der Waals surface area contributed by atoms with Crippen molar-refractivity contribution in [1.29, 1.82) is 0 Å². The van der Waals surface area contributed by atoms with Crippen molar-refractivity contribution >= 4 is 149 Å². The molecule has 42 nitrogen and oxygen atoms in total. The van der Waals surface area contributed by atoms with Crippen LogP contribution < -0.4 is 92.1 Å². The number of unbranched alkanes of at least 4 members (excludes halogenated alkanes) is 1. The molecule has 25 N–H and O–H groups in total. The zero-order valence-corrected chi connectivity index (χ0v) is 66.5. The Morgan fingerprint density at radius 1 is 0.509 bits per heavy atom. The van der Waals surface area contributed by atoms with Crippen molar-refractivity contribution in [3.8, 4) is 0 Å². The Labute approximate surface area is 672 Å². The monoisotopic (exact) mass is 1670 g/mol. The number of hydrogen-bond acceptors (Lipinski definition) is 26. The van der Waals surface area contributed by atoms with Gasteiger partial charge in [0.25, 0.3) is 0 Å². The predicted molar refractivity (Wildman–Crippen MR) is 414 cm³/mol. The van der Waals surface area contributed by atoms with Crippen LogP contribution in [0.1, 0.15) is 110 Å². The van der Waals surface area contributed by atoms with Crippen LogP contribution in [0.15, 0.2) is 30.3 Å². The van der Waals surface area contributed by atoms with Crippen LogP contribution in [0.25, 0.3) is 0 Å². The first kappa shape index (κ1) is 98.2. The van der Waals surface area contributed by atoms with E-state index in [-0.39, 0.29) is 83.3 Å². The number of rotatable bonds is 51. The number of nitrogens with two attached hydrogens (primary N) is 4. The molecule has 2 aliphatic rings.